The molecule has 1 aliphatic heterocycles. The van der Waals surface area contributed by atoms with Gasteiger partial charge in [0.25, 0.3) is 0 Å². The number of rotatable bonds is 7. The summed E-state index contributed by atoms with van der Waals surface area (Å²) < 4.78 is 0. The zero-order valence-corrected chi connectivity index (χ0v) is 11.4. The average Bonchev–Trinajstić information content (AvgIpc) is 2.29. The SMILES string of the molecule is Oc1ccc2c(c1CCCCCCCBr)N=N2. The lowest BCUT2D eigenvalue weighted by molar-refractivity contribution is 0.466. The van der Waals surface area contributed by atoms with Gasteiger partial charge < -0.3 is 5.11 Å². The molecule has 0 aliphatic carbocycles. The first-order valence-corrected chi connectivity index (χ1v) is 7.27. The zero-order chi connectivity index (χ0) is 12.1. The summed E-state index contributed by atoms with van der Waals surface area (Å²) in [4.78, 5) is 0. The second-order valence-electron chi connectivity index (χ2n) is 4.34. The summed E-state index contributed by atoms with van der Waals surface area (Å²) in [6.07, 6.45) is 7.03. The van der Waals surface area contributed by atoms with Gasteiger partial charge in [-0.25, -0.2) is 0 Å². The second kappa shape index (κ2) is 6.15. The number of aromatic hydroxyl groups is 1. The molecule has 0 amide bonds. The van der Waals surface area contributed by atoms with E-state index < -0.39 is 0 Å². The van der Waals surface area contributed by atoms with Crippen LogP contribution in [0.25, 0.3) is 0 Å². The summed E-state index contributed by atoms with van der Waals surface area (Å²) in [7, 11) is 0. The first-order valence-electron chi connectivity index (χ1n) is 6.15. The summed E-state index contributed by atoms with van der Waals surface area (Å²) >= 11 is 3.43. The molecule has 0 bridgehead atoms. The van der Waals surface area contributed by atoms with Crippen LogP contribution in [-0.4, -0.2) is 10.4 Å². The van der Waals surface area contributed by atoms with E-state index in [4.69, 9.17) is 0 Å². The number of phenolic OH excluding ortho intramolecular Hbond substituents is 1. The van der Waals surface area contributed by atoms with E-state index in [0.717, 1.165) is 35.1 Å². The molecule has 1 aromatic rings. The van der Waals surface area contributed by atoms with Gasteiger partial charge in [0.15, 0.2) is 0 Å². The molecule has 2 rings (SSSR count). The smallest absolute Gasteiger partial charge is 0.121 e. The molecule has 0 fully saturated rings. The van der Waals surface area contributed by atoms with Crippen LogP contribution in [0.15, 0.2) is 22.4 Å². The van der Waals surface area contributed by atoms with Crippen molar-refractivity contribution in [1.29, 1.82) is 0 Å². The predicted molar refractivity (Wildman–Crippen MR) is 72.9 cm³/mol. The van der Waals surface area contributed by atoms with Crippen LogP contribution in [0, 0.1) is 0 Å². The minimum Gasteiger partial charge on any atom is -0.508 e. The molecule has 0 saturated carbocycles. The number of hydrogen-bond acceptors (Lipinski definition) is 3. The standard InChI is InChI=1S/C13H17BrN2O/c14-9-5-3-1-2-4-6-10-12(17)8-7-11-13(10)16-15-11/h7-8,17H,1-6,9H2. The molecule has 0 spiro atoms. The molecule has 17 heavy (non-hydrogen) atoms. The third kappa shape index (κ3) is 3.06. The third-order valence-corrected chi connectivity index (χ3v) is 3.62. The van der Waals surface area contributed by atoms with Crippen molar-refractivity contribution in [3.05, 3.63) is 17.7 Å². The Morgan fingerprint density at radius 1 is 1.00 bits per heavy atom. The van der Waals surface area contributed by atoms with Crippen molar-refractivity contribution in [3.8, 4) is 5.75 Å². The number of nitrogens with zero attached hydrogens (tertiary/aromatic N) is 2. The predicted octanol–water partition coefficient (Wildman–Crippen LogP) is 5.01. The van der Waals surface area contributed by atoms with E-state index in [0.29, 0.717) is 5.75 Å². The number of hydrogen-bond donors (Lipinski definition) is 1. The van der Waals surface area contributed by atoms with Crippen LogP contribution >= 0.6 is 15.9 Å². The highest BCUT2D eigenvalue weighted by atomic mass is 79.9. The van der Waals surface area contributed by atoms with Gasteiger partial charge in [0.1, 0.15) is 17.1 Å². The highest BCUT2D eigenvalue weighted by molar-refractivity contribution is 9.09. The zero-order valence-electron chi connectivity index (χ0n) is 9.82. The van der Waals surface area contributed by atoms with Crippen LogP contribution in [0.4, 0.5) is 11.4 Å². The molecule has 0 atom stereocenters. The fourth-order valence-corrected chi connectivity index (χ4v) is 2.43. The topological polar surface area (TPSA) is 45.0 Å². The minimum atomic E-state index is 0.364. The van der Waals surface area contributed by atoms with Gasteiger partial charge >= 0.3 is 0 Å². The van der Waals surface area contributed by atoms with Gasteiger partial charge in [0, 0.05) is 10.9 Å². The molecule has 1 aromatic carbocycles. The van der Waals surface area contributed by atoms with Gasteiger partial charge in [-0.15, -0.1) is 10.2 Å². The maximum atomic E-state index is 9.78. The van der Waals surface area contributed by atoms with E-state index in [-0.39, 0.29) is 0 Å². The maximum absolute atomic E-state index is 9.78. The van der Waals surface area contributed by atoms with Crippen molar-refractivity contribution >= 4 is 27.3 Å². The first-order chi connectivity index (χ1) is 8.33. The van der Waals surface area contributed by atoms with Gasteiger partial charge in [0.2, 0.25) is 0 Å². The second-order valence-corrected chi connectivity index (χ2v) is 5.13. The molecule has 1 N–H and O–H groups in total. The van der Waals surface area contributed by atoms with E-state index in [1.165, 1.54) is 25.7 Å². The highest BCUT2D eigenvalue weighted by Gasteiger charge is 2.17. The first kappa shape index (κ1) is 12.6. The normalized spacial score (nSPS) is 12.3. The van der Waals surface area contributed by atoms with Gasteiger partial charge in [-0.2, -0.15) is 0 Å². The van der Waals surface area contributed by atoms with Crippen LogP contribution < -0.4 is 0 Å². The Bertz CT molecular complexity index is 418. The number of benzene rings is 1. The number of fused-ring (bicyclic) bond motifs is 1. The average molecular weight is 297 g/mol. The van der Waals surface area contributed by atoms with Crippen molar-refractivity contribution in [2.24, 2.45) is 10.2 Å². The molecule has 1 heterocycles. The van der Waals surface area contributed by atoms with Crippen molar-refractivity contribution in [1.82, 2.24) is 0 Å². The van der Waals surface area contributed by atoms with Crippen molar-refractivity contribution in [3.63, 3.8) is 0 Å². The lowest BCUT2D eigenvalue weighted by Crippen LogP contribution is -1.91. The van der Waals surface area contributed by atoms with Gasteiger partial charge in [-0.1, -0.05) is 35.2 Å². The molecule has 0 unspecified atom stereocenters. The molecule has 0 radical (unpaired) electrons. The number of halogens is 1. The molecule has 92 valence electrons. The Labute approximate surface area is 110 Å². The van der Waals surface area contributed by atoms with Crippen LogP contribution in [0.5, 0.6) is 5.75 Å². The lowest BCUT2D eigenvalue weighted by atomic mass is 10.0. The summed E-state index contributed by atoms with van der Waals surface area (Å²) in [6, 6.07) is 3.54. The Balaban J connectivity index is 1.78. The van der Waals surface area contributed by atoms with Gasteiger partial charge in [-0.05, 0) is 31.4 Å². The van der Waals surface area contributed by atoms with Gasteiger partial charge in [0.05, 0.1) is 0 Å². The molecule has 0 aromatic heterocycles. The monoisotopic (exact) mass is 296 g/mol. The van der Waals surface area contributed by atoms with E-state index >= 15 is 0 Å². The summed E-state index contributed by atoms with van der Waals surface area (Å²) in [5.74, 6) is 0.364. The highest BCUT2D eigenvalue weighted by Crippen LogP contribution is 2.44. The van der Waals surface area contributed by atoms with Crippen molar-refractivity contribution in [2.45, 2.75) is 38.5 Å². The quantitative estimate of drug-likeness (QED) is 0.566. The Kier molecular flexibility index (Phi) is 4.54. The molecule has 1 aliphatic rings. The van der Waals surface area contributed by atoms with Crippen LogP contribution in [0.1, 0.15) is 37.7 Å². The fraction of sp³-hybridized carbons (Fsp3) is 0.538. The number of phenols is 1. The van der Waals surface area contributed by atoms with Crippen molar-refractivity contribution in [2.75, 3.05) is 5.33 Å². The fourth-order valence-electron chi connectivity index (χ4n) is 2.04. The van der Waals surface area contributed by atoms with Crippen LogP contribution in [0.2, 0.25) is 0 Å². The Hall–Kier alpha value is -0.900. The number of azo groups is 1. The molecule has 4 heteroatoms. The van der Waals surface area contributed by atoms with Crippen LogP contribution in [-0.2, 0) is 6.42 Å². The summed E-state index contributed by atoms with van der Waals surface area (Å²) in [5.41, 5.74) is 2.78. The molecule has 0 saturated heterocycles. The van der Waals surface area contributed by atoms with E-state index in [2.05, 4.69) is 26.2 Å². The third-order valence-electron chi connectivity index (χ3n) is 3.05. The van der Waals surface area contributed by atoms with E-state index in [1.54, 1.807) is 6.07 Å². The largest absolute Gasteiger partial charge is 0.508 e. The molecule has 3 nitrogen and oxygen atoms in total. The number of alkyl halides is 1. The molecular formula is C13H17BrN2O. The lowest BCUT2D eigenvalue weighted by Gasteiger charge is -2.14. The van der Waals surface area contributed by atoms with E-state index in [1.807, 2.05) is 6.07 Å². The van der Waals surface area contributed by atoms with Gasteiger partial charge in [-0.3, -0.25) is 0 Å². The summed E-state index contributed by atoms with van der Waals surface area (Å²) in [6.45, 7) is 0. The van der Waals surface area contributed by atoms with Crippen molar-refractivity contribution < 1.29 is 5.11 Å². The Morgan fingerprint density at radius 2 is 1.76 bits per heavy atom. The van der Waals surface area contributed by atoms with E-state index in [9.17, 15) is 5.11 Å². The molecular weight excluding hydrogens is 280 g/mol. The van der Waals surface area contributed by atoms with Crippen LogP contribution in [0.3, 0.4) is 0 Å². The Morgan fingerprint density at radius 3 is 2.47 bits per heavy atom. The summed E-state index contributed by atoms with van der Waals surface area (Å²) in [5, 5.41) is 18.8. The minimum absolute atomic E-state index is 0.364. The maximum Gasteiger partial charge on any atom is 0.121 e. The number of unbranched alkanes of at least 4 members (excludes halogenated alkanes) is 4.